The van der Waals surface area contributed by atoms with E-state index in [2.05, 4.69) is 34.6 Å². The molecule has 0 radical (unpaired) electrons. The molecule has 2 aromatic rings. The summed E-state index contributed by atoms with van der Waals surface area (Å²) in [6.45, 7) is 0.891. The predicted molar refractivity (Wildman–Crippen MR) is 83.8 cm³/mol. The molecular weight excluding hydrogens is 258 g/mol. The molecule has 4 bridgehead atoms. The zero-order chi connectivity index (χ0) is 13.8. The molecule has 0 unspecified atom stereocenters. The molecular formula is C18H23N3. The van der Waals surface area contributed by atoms with Gasteiger partial charge in [0.1, 0.15) is 5.82 Å². The summed E-state index contributed by atoms with van der Waals surface area (Å²) in [5, 5.41) is 3.85. The van der Waals surface area contributed by atoms with Crippen LogP contribution in [0.2, 0.25) is 0 Å². The number of hydrogen-bond donors (Lipinski definition) is 2. The topological polar surface area (TPSA) is 40.7 Å². The maximum absolute atomic E-state index is 4.70. The second-order valence-corrected chi connectivity index (χ2v) is 7.54. The zero-order valence-electron chi connectivity index (χ0n) is 12.4. The number of hydrogen-bond acceptors (Lipinski definition) is 2. The van der Waals surface area contributed by atoms with Gasteiger partial charge < -0.3 is 10.3 Å². The van der Waals surface area contributed by atoms with E-state index in [1.807, 2.05) is 0 Å². The molecule has 4 aliphatic rings. The summed E-state index contributed by atoms with van der Waals surface area (Å²) in [5.74, 6) is 5.06. The molecule has 0 atom stereocenters. The van der Waals surface area contributed by atoms with Gasteiger partial charge in [0.15, 0.2) is 0 Å². The minimum absolute atomic E-state index is 0.742. The van der Waals surface area contributed by atoms with Crippen LogP contribution in [-0.2, 0) is 6.54 Å². The zero-order valence-corrected chi connectivity index (χ0v) is 12.4. The fourth-order valence-corrected chi connectivity index (χ4v) is 5.56. The third-order valence-electron chi connectivity index (χ3n) is 6.17. The van der Waals surface area contributed by atoms with E-state index in [1.54, 1.807) is 0 Å². The molecule has 0 spiro atoms. The van der Waals surface area contributed by atoms with Gasteiger partial charge in [-0.05, 0) is 67.9 Å². The van der Waals surface area contributed by atoms with Crippen molar-refractivity contribution in [3.05, 3.63) is 30.1 Å². The summed E-state index contributed by atoms with van der Waals surface area (Å²) in [5.41, 5.74) is 2.23. The van der Waals surface area contributed by atoms with E-state index in [-0.39, 0.29) is 0 Å². The fraction of sp³-hybridized carbons (Fsp3) is 0.611. The van der Waals surface area contributed by atoms with Crippen molar-refractivity contribution >= 4 is 11.0 Å². The molecule has 1 aromatic carbocycles. The first kappa shape index (κ1) is 12.2. The normalized spacial score (nSPS) is 37.4. The quantitative estimate of drug-likeness (QED) is 0.904. The van der Waals surface area contributed by atoms with E-state index < -0.39 is 0 Å². The van der Waals surface area contributed by atoms with Crippen LogP contribution in [0.3, 0.4) is 0 Å². The lowest BCUT2D eigenvalue weighted by atomic mass is 9.54. The number of benzene rings is 1. The molecule has 2 N–H and O–H groups in total. The lowest BCUT2D eigenvalue weighted by molar-refractivity contribution is -0.0144. The lowest BCUT2D eigenvalue weighted by Crippen LogP contribution is -2.54. The minimum atomic E-state index is 0.742. The number of fused-ring (bicyclic) bond motifs is 1. The van der Waals surface area contributed by atoms with Gasteiger partial charge in [-0.15, -0.1) is 0 Å². The summed E-state index contributed by atoms with van der Waals surface area (Å²) in [4.78, 5) is 8.14. The molecule has 3 heteroatoms. The van der Waals surface area contributed by atoms with Crippen molar-refractivity contribution in [2.75, 3.05) is 0 Å². The van der Waals surface area contributed by atoms with Gasteiger partial charge in [0.05, 0.1) is 17.6 Å². The van der Waals surface area contributed by atoms with Crippen molar-refractivity contribution in [1.82, 2.24) is 15.3 Å². The standard InChI is InChI=1S/C18H23N3/c1-2-4-16-15(3-1)20-17(21-16)10-19-18-13-6-11-5-12(8-13)9-14(18)7-11/h1-4,11-14,18-19H,5-10H2,(H,20,21). The third-order valence-corrected chi connectivity index (χ3v) is 6.17. The number of aromatic nitrogens is 2. The second-order valence-electron chi connectivity index (χ2n) is 7.54. The monoisotopic (exact) mass is 281 g/mol. The molecule has 4 saturated carbocycles. The van der Waals surface area contributed by atoms with E-state index in [1.165, 1.54) is 32.1 Å². The number of nitrogens with zero attached hydrogens (tertiary/aromatic N) is 1. The Balaban J connectivity index is 1.32. The smallest absolute Gasteiger partial charge is 0.121 e. The molecule has 4 aliphatic carbocycles. The maximum atomic E-state index is 4.70. The van der Waals surface area contributed by atoms with Crippen molar-refractivity contribution in [2.24, 2.45) is 23.7 Å². The highest BCUT2D eigenvalue weighted by atomic mass is 15.0. The molecule has 21 heavy (non-hydrogen) atoms. The van der Waals surface area contributed by atoms with Gasteiger partial charge in [-0.3, -0.25) is 0 Å². The van der Waals surface area contributed by atoms with Crippen molar-refractivity contribution in [1.29, 1.82) is 0 Å². The van der Waals surface area contributed by atoms with Gasteiger partial charge in [0.2, 0.25) is 0 Å². The highest BCUT2D eigenvalue weighted by Crippen LogP contribution is 2.53. The Bertz CT molecular complexity index is 598. The summed E-state index contributed by atoms with van der Waals surface area (Å²) in [6, 6.07) is 9.05. The van der Waals surface area contributed by atoms with Crippen molar-refractivity contribution in [2.45, 2.75) is 44.7 Å². The van der Waals surface area contributed by atoms with Gasteiger partial charge in [0.25, 0.3) is 0 Å². The first-order valence-corrected chi connectivity index (χ1v) is 8.52. The molecule has 0 saturated heterocycles. The Morgan fingerprint density at radius 3 is 2.43 bits per heavy atom. The van der Waals surface area contributed by atoms with Gasteiger partial charge in [-0.25, -0.2) is 4.98 Å². The highest BCUT2D eigenvalue weighted by molar-refractivity contribution is 5.74. The lowest BCUT2D eigenvalue weighted by Gasteiger charge is -2.54. The van der Waals surface area contributed by atoms with E-state index in [0.717, 1.165) is 53.1 Å². The van der Waals surface area contributed by atoms with Crippen LogP contribution in [0.25, 0.3) is 11.0 Å². The average molecular weight is 281 g/mol. The largest absolute Gasteiger partial charge is 0.341 e. The third kappa shape index (κ3) is 2.02. The van der Waals surface area contributed by atoms with Crippen LogP contribution in [0.4, 0.5) is 0 Å². The summed E-state index contributed by atoms with van der Waals surface area (Å²) >= 11 is 0. The predicted octanol–water partition coefficient (Wildman–Crippen LogP) is 3.48. The Labute approximate surface area is 125 Å². The number of para-hydroxylation sites is 2. The first-order chi connectivity index (χ1) is 10.3. The van der Waals surface area contributed by atoms with Crippen molar-refractivity contribution < 1.29 is 0 Å². The van der Waals surface area contributed by atoms with Crippen LogP contribution in [0, 0.1) is 23.7 Å². The van der Waals surface area contributed by atoms with Crippen molar-refractivity contribution in [3.63, 3.8) is 0 Å². The Morgan fingerprint density at radius 1 is 1.00 bits per heavy atom. The van der Waals surface area contributed by atoms with E-state index in [0.29, 0.717) is 0 Å². The van der Waals surface area contributed by atoms with Gasteiger partial charge in [0, 0.05) is 6.04 Å². The Morgan fingerprint density at radius 2 is 1.71 bits per heavy atom. The van der Waals surface area contributed by atoms with Gasteiger partial charge in [-0.2, -0.15) is 0 Å². The maximum Gasteiger partial charge on any atom is 0.121 e. The Kier molecular flexibility index (Phi) is 2.66. The van der Waals surface area contributed by atoms with E-state index in [4.69, 9.17) is 4.98 Å². The minimum Gasteiger partial charge on any atom is -0.341 e. The number of aromatic amines is 1. The first-order valence-electron chi connectivity index (χ1n) is 8.52. The second kappa shape index (κ2) is 4.57. The molecule has 6 rings (SSSR count). The molecule has 4 fully saturated rings. The van der Waals surface area contributed by atoms with Crippen LogP contribution in [0.15, 0.2) is 24.3 Å². The number of nitrogens with one attached hydrogen (secondary N) is 2. The average Bonchev–Trinajstić information content (AvgIpc) is 2.88. The molecule has 110 valence electrons. The van der Waals surface area contributed by atoms with Gasteiger partial charge >= 0.3 is 0 Å². The fourth-order valence-electron chi connectivity index (χ4n) is 5.56. The van der Waals surface area contributed by atoms with Crippen LogP contribution in [-0.4, -0.2) is 16.0 Å². The van der Waals surface area contributed by atoms with E-state index >= 15 is 0 Å². The van der Waals surface area contributed by atoms with Crippen LogP contribution >= 0.6 is 0 Å². The summed E-state index contributed by atoms with van der Waals surface area (Å²) in [6.07, 6.45) is 7.44. The van der Waals surface area contributed by atoms with Crippen LogP contribution in [0.5, 0.6) is 0 Å². The van der Waals surface area contributed by atoms with Gasteiger partial charge in [-0.1, -0.05) is 12.1 Å². The number of imidazole rings is 1. The van der Waals surface area contributed by atoms with Crippen molar-refractivity contribution in [3.8, 4) is 0 Å². The summed E-state index contributed by atoms with van der Waals surface area (Å²) in [7, 11) is 0. The van der Waals surface area contributed by atoms with Crippen LogP contribution < -0.4 is 5.32 Å². The SMILES string of the molecule is c1ccc2[nH]c(CNC3C4CC5CC(C4)CC3C5)nc2c1. The molecule has 3 nitrogen and oxygen atoms in total. The molecule has 0 aliphatic heterocycles. The molecule has 1 aromatic heterocycles. The molecule has 0 amide bonds. The summed E-state index contributed by atoms with van der Waals surface area (Å²) < 4.78 is 0. The number of rotatable bonds is 3. The van der Waals surface area contributed by atoms with E-state index in [9.17, 15) is 0 Å². The highest BCUT2D eigenvalue weighted by Gasteiger charge is 2.47. The van der Waals surface area contributed by atoms with Crippen LogP contribution in [0.1, 0.15) is 37.9 Å². The Hall–Kier alpha value is -1.35. The molecule has 1 heterocycles. The number of H-pyrrole nitrogens is 1.